The maximum Gasteiger partial charge on any atom is 0.317 e. The van der Waals surface area contributed by atoms with E-state index in [-0.39, 0.29) is 5.97 Å². The summed E-state index contributed by atoms with van der Waals surface area (Å²) in [6.07, 6.45) is 2.24. The van der Waals surface area contributed by atoms with Crippen LogP contribution in [0.15, 0.2) is 0 Å². The largest absolute Gasteiger partial charge is 0.468 e. The summed E-state index contributed by atoms with van der Waals surface area (Å²) in [5.74, 6) is -0.275. The zero-order valence-corrected chi connectivity index (χ0v) is 10.7. The van der Waals surface area contributed by atoms with Crippen molar-refractivity contribution in [2.24, 2.45) is 5.41 Å². The normalized spacial score (nSPS) is 33.6. The summed E-state index contributed by atoms with van der Waals surface area (Å²) in [7, 11) is 3.45. The number of likely N-dealkylation sites (tertiary alicyclic amines) is 1. The Labute approximate surface area is 102 Å². The molecule has 2 rings (SSSR count). The molecule has 0 aliphatic carbocycles. The molecule has 5 heteroatoms. The molecule has 17 heavy (non-hydrogen) atoms. The molecular weight excluding hydrogens is 220 g/mol. The van der Waals surface area contributed by atoms with Crippen molar-refractivity contribution in [3.63, 3.8) is 0 Å². The van der Waals surface area contributed by atoms with E-state index in [2.05, 4.69) is 17.3 Å². The fraction of sp³-hybridized carbons (Fsp3) is 0.917. The first kappa shape index (κ1) is 12.8. The molecule has 0 radical (unpaired) electrons. The van der Waals surface area contributed by atoms with Crippen LogP contribution in [0.5, 0.6) is 0 Å². The number of esters is 1. The van der Waals surface area contributed by atoms with Crippen LogP contribution >= 0.6 is 0 Å². The molecule has 2 aliphatic rings. The van der Waals surface area contributed by atoms with Gasteiger partial charge >= 0.3 is 5.97 Å². The molecule has 1 unspecified atom stereocenters. The fourth-order valence-electron chi connectivity index (χ4n) is 2.97. The highest BCUT2D eigenvalue weighted by Gasteiger charge is 2.60. The number of aliphatic hydroxyl groups is 1. The Morgan fingerprint density at radius 1 is 1.35 bits per heavy atom. The van der Waals surface area contributed by atoms with E-state index in [1.165, 1.54) is 7.11 Å². The number of hydrogen-bond donors (Lipinski definition) is 2. The van der Waals surface area contributed by atoms with Crippen LogP contribution in [0, 0.1) is 5.41 Å². The lowest BCUT2D eigenvalue weighted by Gasteiger charge is -2.50. The standard InChI is InChI=1S/C12H22N2O3/c1-14-6-3-4-12(16,5-7-14)11(8-13-9-11)10(15)17-2/h13,16H,3-9H2,1-2H3. The number of rotatable bonds is 2. The summed E-state index contributed by atoms with van der Waals surface area (Å²) >= 11 is 0. The number of nitrogens with one attached hydrogen (secondary N) is 1. The van der Waals surface area contributed by atoms with Gasteiger partial charge in [-0.1, -0.05) is 0 Å². The lowest BCUT2D eigenvalue weighted by atomic mass is 9.64. The highest BCUT2D eigenvalue weighted by Crippen LogP contribution is 2.43. The SMILES string of the molecule is COC(=O)C1(C2(O)CCCN(C)CC2)CNC1. The topological polar surface area (TPSA) is 61.8 Å². The van der Waals surface area contributed by atoms with Crippen LogP contribution in [-0.2, 0) is 9.53 Å². The summed E-state index contributed by atoms with van der Waals surface area (Å²) in [5.41, 5.74) is -1.65. The highest BCUT2D eigenvalue weighted by molar-refractivity contribution is 5.80. The van der Waals surface area contributed by atoms with Crippen LogP contribution in [0.2, 0.25) is 0 Å². The third kappa shape index (κ3) is 1.96. The number of methoxy groups -OCH3 is 1. The molecule has 2 heterocycles. The van der Waals surface area contributed by atoms with Gasteiger partial charge in [-0.05, 0) is 32.9 Å². The van der Waals surface area contributed by atoms with Gasteiger partial charge in [0.15, 0.2) is 0 Å². The second kappa shape index (κ2) is 4.55. The Bertz CT molecular complexity index is 304. The molecule has 0 aromatic rings. The number of hydrogen-bond acceptors (Lipinski definition) is 5. The van der Waals surface area contributed by atoms with Crippen molar-refractivity contribution in [2.75, 3.05) is 40.3 Å². The average molecular weight is 242 g/mol. The van der Waals surface area contributed by atoms with Crippen LogP contribution in [0.3, 0.4) is 0 Å². The summed E-state index contributed by atoms with van der Waals surface area (Å²) in [4.78, 5) is 14.2. The molecular formula is C12H22N2O3. The van der Waals surface area contributed by atoms with Crippen molar-refractivity contribution in [1.82, 2.24) is 10.2 Å². The molecule has 2 fully saturated rings. The van der Waals surface area contributed by atoms with Gasteiger partial charge in [-0.25, -0.2) is 0 Å². The molecule has 0 amide bonds. The molecule has 0 aromatic carbocycles. The Balaban J connectivity index is 2.20. The molecule has 1 atom stereocenters. The fourth-order valence-corrected chi connectivity index (χ4v) is 2.97. The second-order valence-electron chi connectivity index (χ2n) is 5.37. The minimum Gasteiger partial charge on any atom is -0.468 e. The van der Waals surface area contributed by atoms with Crippen molar-refractivity contribution in [1.29, 1.82) is 0 Å². The van der Waals surface area contributed by atoms with Gasteiger partial charge < -0.3 is 20.1 Å². The predicted octanol–water partition coefficient (Wildman–Crippen LogP) is -0.404. The Morgan fingerprint density at radius 3 is 2.59 bits per heavy atom. The first-order chi connectivity index (χ1) is 8.04. The van der Waals surface area contributed by atoms with Crippen LogP contribution in [-0.4, -0.2) is 61.9 Å². The molecule has 98 valence electrons. The Kier molecular flexibility index (Phi) is 3.43. The van der Waals surface area contributed by atoms with E-state index in [0.717, 1.165) is 19.5 Å². The van der Waals surface area contributed by atoms with Gasteiger partial charge in [0.05, 0.1) is 12.7 Å². The predicted molar refractivity (Wildman–Crippen MR) is 63.6 cm³/mol. The van der Waals surface area contributed by atoms with E-state index in [1.54, 1.807) is 0 Å². The summed E-state index contributed by atoms with van der Waals surface area (Å²) in [6, 6.07) is 0. The van der Waals surface area contributed by atoms with E-state index in [9.17, 15) is 9.90 Å². The van der Waals surface area contributed by atoms with Gasteiger partial charge in [-0.3, -0.25) is 4.79 Å². The van der Waals surface area contributed by atoms with Gasteiger partial charge in [0.1, 0.15) is 5.41 Å². The van der Waals surface area contributed by atoms with Crippen molar-refractivity contribution < 1.29 is 14.6 Å². The summed E-state index contributed by atoms with van der Waals surface area (Å²) < 4.78 is 4.89. The highest BCUT2D eigenvalue weighted by atomic mass is 16.5. The lowest BCUT2D eigenvalue weighted by molar-refractivity contribution is -0.184. The third-order valence-corrected chi connectivity index (χ3v) is 4.36. The zero-order valence-electron chi connectivity index (χ0n) is 10.7. The minimum absolute atomic E-state index is 0.275. The molecule has 0 aromatic heterocycles. The van der Waals surface area contributed by atoms with E-state index in [4.69, 9.17) is 4.74 Å². The van der Waals surface area contributed by atoms with Crippen LogP contribution < -0.4 is 5.32 Å². The number of ether oxygens (including phenoxy) is 1. The quantitative estimate of drug-likeness (QED) is 0.645. The van der Waals surface area contributed by atoms with Gasteiger partial charge in [0, 0.05) is 19.6 Å². The monoisotopic (exact) mass is 242 g/mol. The first-order valence-corrected chi connectivity index (χ1v) is 6.24. The first-order valence-electron chi connectivity index (χ1n) is 6.24. The second-order valence-corrected chi connectivity index (χ2v) is 5.37. The van der Waals surface area contributed by atoms with Crippen LogP contribution in [0.1, 0.15) is 19.3 Å². The maximum absolute atomic E-state index is 12.0. The Hall–Kier alpha value is -0.650. The van der Waals surface area contributed by atoms with E-state index in [1.807, 2.05) is 0 Å². The van der Waals surface area contributed by atoms with E-state index >= 15 is 0 Å². The molecule has 0 spiro atoms. The number of carbonyl (C=O) groups is 1. The van der Waals surface area contributed by atoms with Gasteiger partial charge in [-0.15, -0.1) is 0 Å². The molecule has 5 nitrogen and oxygen atoms in total. The van der Waals surface area contributed by atoms with E-state index < -0.39 is 11.0 Å². The van der Waals surface area contributed by atoms with Crippen LogP contribution in [0.25, 0.3) is 0 Å². The zero-order chi connectivity index (χ0) is 12.5. The summed E-state index contributed by atoms with van der Waals surface area (Å²) in [6.45, 7) is 2.86. The van der Waals surface area contributed by atoms with E-state index in [0.29, 0.717) is 25.9 Å². The molecule has 0 bridgehead atoms. The van der Waals surface area contributed by atoms with Crippen molar-refractivity contribution in [3.8, 4) is 0 Å². The number of nitrogens with zero attached hydrogens (tertiary/aromatic N) is 1. The minimum atomic E-state index is -0.921. The van der Waals surface area contributed by atoms with Crippen LogP contribution in [0.4, 0.5) is 0 Å². The van der Waals surface area contributed by atoms with Crippen molar-refractivity contribution >= 4 is 5.97 Å². The van der Waals surface area contributed by atoms with Crippen molar-refractivity contribution in [3.05, 3.63) is 0 Å². The molecule has 2 saturated heterocycles. The molecule has 2 aliphatic heterocycles. The number of carbonyl (C=O) groups excluding carboxylic acids is 1. The molecule has 2 N–H and O–H groups in total. The smallest absolute Gasteiger partial charge is 0.317 e. The molecule has 0 saturated carbocycles. The Morgan fingerprint density at radius 2 is 2.06 bits per heavy atom. The van der Waals surface area contributed by atoms with Gasteiger partial charge in [0.2, 0.25) is 0 Å². The van der Waals surface area contributed by atoms with Gasteiger partial charge in [0.25, 0.3) is 0 Å². The third-order valence-electron chi connectivity index (χ3n) is 4.36. The summed E-state index contributed by atoms with van der Waals surface area (Å²) in [5, 5.41) is 14.0. The van der Waals surface area contributed by atoms with Crippen molar-refractivity contribution in [2.45, 2.75) is 24.9 Å². The average Bonchev–Trinajstić information content (AvgIpc) is 2.40. The van der Waals surface area contributed by atoms with Gasteiger partial charge in [-0.2, -0.15) is 0 Å². The lowest BCUT2D eigenvalue weighted by Crippen LogP contribution is -2.70. The maximum atomic E-state index is 12.0.